The lowest BCUT2D eigenvalue weighted by atomic mass is 10.00. The molecule has 3 nitrogen and oxygen atoms in total. The maximum absolute atomic E-state index is 5.47. The van der Waals surface area contributed by atoms with Gasteiger partial charge in [-0.1, -0.05) is 0 Å². The van der Waals surface area contributed by atoms with Crippen LogP contribution in [0.2, 0.25) is 0 Å². The first-order valence-electron chi connectivity index (χ1n) is 6.66. The summed E-state index contributed by atoms with van der Waals surface area (Å²) in [7, 11) is 1.70. The third-order valence-corrected chi connectivity index (χ3v) is 3.63. The fourth-order valence-electron chi connectivity index (χ4n) is 2.35. The molecular weight excluding hydrogens is 236 g/mol. The highest BCUT2D eigenvalue weighted by Gasteiger charge is 2.26. The Hall–Kier alpha value is -1.90. The summed E-state index contributed by atoms with van der Waals surface area (Å²) >= 11 is 0. The van der Waals surface area contributed by atoms with Crippen LogP contribution in [-0.2, 0) is 0 Å². The van der Waals surface area contributed by atoms with Crippen LogP contribution >= 0.6 is 0 Å². The van der Waals surface area contributed by atoms with Gasteiger partial charge in [0.2, 0.25) is 0 Å². The second-order valence-electron chi connectivity index (χ2n) is 5.22. The van der Waals surface area contributed by atoms with E-state index in [0.717, 1.165) is 22.6 Å². The normalized spacial score (nSPS) is 14.5. The number of hydrogen-bond donors (Lipinski definition) is 0. The Morgan fingerprint density at radius 3 is 2.53 bits per heavy atom. The van der Waals surface area contributed by atoms with E-state index in [1.807, 2.05) is 19.3 Å². The molecule has 19 heavy (non-hydrogen) atoms. The van der Waals surface area contributed by atoms with Crippen molar-refractivity contribution in [1.29, 1.82) is 0 Å². The Morgan fingerprint density at radius 2 is 1.84 bits per heavy atom. The monoisotopic (exact) mass is 254 g/mol. The van der Waals surface area contributed by atoms with Crippen molar-refractivity contribution in [2.45, 2.75) is 32.6 Å². The predicted molar refractivity (Wildman–Crippen MR) is 75.5 cm³/mol. The molecule has 0 unspecified atom stereocenters. The predicted octanol–water partition coefficient (Wildman–Crippen LogP) is 3.65. The van der Waals surface area contributed by atoms with E-state index in [1.165, 1.54) is 24.1 Å². The van der Waals surface area contributed by atoms with Gasteiger partial charge in [0, 0.05) is 29.1 Å². The van der Waals surface area contributed by atoms with E-state index in [0.29, 0.717) is 5.92 Å². The van der Waals surface area contributed by atoms with Crippen LogP contribution < -0.4 is 4.74 Å². The van der Waals surface area contributed by atoms with Crippen LogP contribution in [0.5, 0.6) is 5.75 Å². The lowest BCUT2D eigenvalue weighted by Crippen LogP contribution is -1.96. The van der Waals surface area contributed by atoms with Gasteiger partial charge in [0.1, 0.15) is 5.75 Å². The van der Waals surface area contributed by atoms with Crippen molar-refractivity contribution < 1.29 is 4.74 Å². The smallest absolute Gasteiger partial charge is 0.144 e. The molecule has 2 heterocycles. The van der Waals surface area contributed by atoms with Crippen LogP contribution in [0.3, 0.4) is 0 Å². The van der Waals surface area contributed by atoms with Gasteiger partial charge in [0.25, 0.3) is 0 Å². The van der Waals surface area contributed by atoms with Crippen molar-refractivity contribution >= 4 is 0 Å². The van der Waals surface area contributed by atoms with Crippen LogP contribution in [-0.4, -0.2) is 17.1 Å². The molecule has 2 aromatic rings. The number of pyridine rings is 2. The summed E-state index contributed by atoms with van der Waals surface area (Å²) in [6.45, 7) is 4.09. The van der Waals surface area contributed by atoms with E-state index < -0.39 is 0 Å². The number of ether oxygens (including phenoxy) is 1. The van der Waals surface area contributed by atoms with E-state index in [-0.39, 0.29) is 0 Å². The van der Waals surface area contributed by atoms with E-state index >= 15 is 0 Å². The minimum atomic E-state index is 0.646. The van der Waals surface area contributed by atoms with Crippen molar-refractivity contribution in [3.05, 3.63) is 41.5 Å². The molecule has 1 saturated carbocycles. The summed E-state index contributed by atoms with van der Waals surface area (Å²) < 4.78 is 5.47. The second kappa shape index (κ2) is 4.65. The number of methoxy groups -OCH3 is 1. The summed E-state index contributed by atoms with van der Waals surface area (Å²) in [5, 5.41) is 0. The molecule has 0 N–H and O–H groups in total. The number of aromatic nitrogens is 2. The SMILES string of the molecule is COc1cnc(C2CC2)cc1-c1cc(C)ncc1C. The van der Waals surface area contributed by atoms with Crippen LogP contribution in [0, 0.1) is 13.8 Å². The average molecular weight is 254 g/mol. The molecule has 2 aromatic heterocycles. The van der Waals surface area contributed by atoms with Gasteiger partial charge in [-0.05, 0) is 49.9 Å². The summed E-state index contributed by atoms with van der Waals surface area (Å²) in [4.78, 5) is 8.84. The molecule has 3 heteroatoms. The molecule has 0 amide bonds. The van der Waals surface area contributed by atoms with Gasteiger partial charge in [-0.25, -0.2) is 0 Å². The van der Waals surface area contributed by atoms with Gasteiger partial charge in [0.15, 0.2) is 0 Å². The first kappa shape index (κ1) is 12.2. The molecule has 1 aliphatic carbocycles. The number of aryl methyl sites for hydroxylation is 2. The van der Waals surface area contributed by atoms with Crippen LogP contribution in [0.25, 0.3) is 11.1 Å². The van der Waals surface area contributed by atoms with Crippen molar-refractivity contribution in [2.24, 2.45) is 0 Å². The number of rotatable bonds is 3. The molecule has 3 rings (SSSR count). The van der Waals surface area contributed by atoms with Crippen molar-refractivity contribution in [1.82, 2.24) is 9.97 Å². The van der Waals surface area contributed by atoms with E-state index in [9.17, 15) is 0 Å². The fraction of sp³-hybridized carbons (Fsp3) is 0.375. The Morgan fingerprint density at radius 1 is 1.05 bits per heavy atom. The largest absolute Gasteiger partial charge is 0.494 e. The van der Waals surface area contributed by atoms with E-state index in [2.05, 4.69) is 29.0 Å². The zero-order chi connectivity index (χ0) is 13.4. The lowest BCUT2D eigenvalue weighted by molar-refractivity contribution is 0.414. The van der Waals surface area contributed by atoms with Gasteiger partial charge in [0.05, 0.1) is 13.3 Å². The van der Waals surface area contributed by atoms with Crippen LogP contribution in [0.1, 0.15) is 35.7 Å². The molecule has 0 radical (unpaired) electrons. The minimum Gasteiger partial charge on any atom is -0.494 e. The molecule has 98 valence electrons. The first-order chi connectivity index (χ1) is 9.19. The Kier molecular flexibility index (Phi) is 2.97. The molecule has 0 saturated heterocycles. The fourth-order valence-corrected chi connectivity index (χ4v) is 2.35. The molecule has 1 aliphatic rings. The Bertz CT molecular complexity index is 618. The minimum absolute atomic E-state index is 0.646. The zero-order valence-corrected chi connectivity index (χ0v) is 11.6. The quantitative estimate of drug-likeness (QED) is 0.838. The molecule has 0 aliphatic heterocycles. The third-order valence-electron chi connectivity index (χ3n) is 3.63. The summed E-state index contributed by atoms with van der Waals surface area (Å²) in [6, 6.07) is 4.29. The molecule has 0 bridgehead atoms. The highest BCUT2D eigenvalue weighted by atomic mass is 16.5. The molecular formula is C16H18N2O. The number of hydrogen-bond acceptors (Lipinski definition) is 3. The molecule has 0 atom stereocenters. The van der Waals surface area contributed by atoms with Gasteiger partial charge >= 0.3 is 0 Å². The van der Waals surface area contributed by atoms with Gasteiger partial charge in [-0.15, -0.1) is 0 Å². The maximum Gasteiger partial charge on any atom is 0.144 e. The van der Waals surface area contributed by atoms with E-state index in [1.54, 1.807) is 7.11 Å². The van der Waals surface area contributed by atoms with Gasteiger partial charge in [-0.3, -0.25) is 9.97 Å². The lowest BCUT2D eigenvalue weighted by Gasteiger charge is -2.12. The maximum atomic E-state index is 5.47. The molecule has 0 spiro atoms. The average Bonchev–Trinajstić information content (AvgIpc) is 3.25. The Labute approximate surface area is 113 Å². The van der Waals surface area contributed by atoms with E-state index in [4.69, 9.17) is 4.74 Å². The standard InChI is InChI=1S/C16H18N2O/c1-10-8-17-11(2)6-13(10)14-7-15(12-4-5-12)18-9-16(14)19-3/h6-9,12H,4-5H2,1-3H3. The highest BCUT2D eigenvalue weighted by Crippen LogP contribution is 2.42. The first-order valence-corrected chi connectivity index (χ1v) is 6.66. The summed E-state index contributed by atoms with van der Waals surface area (Å²) in [5.74, 6) is 1.48. The van der Waals surface area contributed by atoms with Gasteiger partial charge < -0.3 is 4.74 Å². The zero-order valence-electron chi connectivity index (χ0n) is 11.6. The van der Waals surface area contributed by atoms with Crippen LogP contribution in [0.4, 0.5) is 0 Å². The number of nitrogens with zero attached hydrogens (tertiary/aromatic N) is 2. The second-order valence-corrected chi connectivity index (χ2v) is 5.22. The highest BCUT2D eigenvalue weighted by molar-refractivity contribution is 5.73. The summed E-state index contributed by atoms with van der Waals surface area (Å²) in [6.07, 6.45) is 6.28. The van der Waals surface area contributed by atoms with Crippen LogP contribution in [0.15, 0.2) is 24.5 Å². The van der Waals surface area contributed by atoms with Crippen molar-refractivity contribution in [2.75, 3.05) is 7.11 Å². The third kappa shape index (κ3) is 2.33. The summed E-state index contributed by atoms with van der Waals surface area (Å²) in [5.41, 5.74) is 5.69. The van der Waals surface area contributed by atoms with Crippen molar-refractivity contribution in [3.8, 4) is 16.9 Å². The molecule has 1 fully saturated rings. The Balaban J connectivity index is 2.15. The van der Waals surface area contributed by atoms with Crippen molar-refractivity contribution in [3.63, 3.8) is 0 Å². The van der Waals surface area contributed by atoms with Gasteiger partial charge in [-0.2, -0.15) is 0 Å². The molecule has 0 aromatic carbocycles. The topological polar surface area (TPSA) is 35.0 Å².